The quantitative estimate of drug-likeness (QED) is 0.149. The lowest BCUT2D eigenvalue weighted by Gasteiger charge is -2.20. The van der Waals surface area contributed by atoms with Crippen molar-refractivity contribution in [2.45, 2.75) is 51.9 Å². The Morgan fingerprint density at radius 1 is 1.33 bits per heavy atom. The fourth-order valence-electron chi connectivity index (χ4n) is 3.82. The van der Waals surface area contributed by atoms with Crippen molar-refractivity contribution >= 4 is 29.7 Å². The zero-order valence-electron chi connectivity index (χ0n) is 21.8. The summed E-state index contributed by atoms with van der Waals surface area (Å²) in [5.41, 5.74) is 11.0. The Morgan fingerprint density at radius 3 is 2.61 bits per heavy atom. The molecule has 1 aliphatic rings. The molecule has 0 unspecified atom stereocenters. The number of aromatic amines is 1. The predicted molar refractivity (Wildman–Crippen MR) is 148 cm³/mol. The smallest absolute Gasteiger partial charge is 0.193 e. The van der Waals surface area contributed by atoms with Gasteiger partial charge in [0.25, 0.3) is 0 Å². The van der Waals surface area contributed by atoms with Gasteiger partial charge in [0.2, 0.25) is 0 Å². The topological polar surface area (TPSA) is 101 Å². The molecule has 192 valence electrons. The number of hydrogen-bond acceptors (Lipinski definition) is 7. The summed E-state index contributed by atoms with van der Waals surface area (Å²) in [5, 5.41) is 10.7. The predicted octanol–water partition coefficient (Wildman–Crippen LogP) is 6.38. The first kappa shape index (κ1) is 27.3. The number of hydrogen-bond donors (Lipinski definition) is 3. The molecule has 0 aliphatic heterocycles. The number of allylic oxidation sites excluding steroid dienone is 4. The van der Waals surface area contributed by atoms with E-state index in [-0.39, 0.29) is 5.75 Å². The number of aliphatic imine (C=N–C) groups is 2. The third-order valence-electron chi connectivity index (χ3n) is 5.82. The van der Waals surface area contributed by atoms with Crippen LogP contribution in [0.2, 0.25) is 0 Å². The maximum Gasteiger partial charge on any atom is 0.193 e. The third kappa shape index (κ3) is 6.87. The van der Waals surface area contributed by atoms with E-state index in [0.717, 1.165) is 46.6 Å². The molecule has 1 saturated carbocycles. The van der Waals surface area contributed by atoms with Crippen molar-refractivity contribution < 1.29 is 9.13 Å². The molecule has 4 N–H and O–H groups in total. The number of nitrogens with two attached hydrogens (primary N) is 1. The Hall–Kier alpha value is -3.33. The van der Waals surface area contributed by atoms with Crippen molar-refractivity contribution in [1.29, 1.82) is 0 Å². The number of benzene rings is 1. The number of anilines is 1. The maximum absolute atomic E-state index is 14.6. The van der Waals surface area contributed by atoms with Crippen molar-refractivity contribution in [2.75, 3.05) is 18.6 Å². The summed E-state index contributed by atoms with van der Waals surface area (Å²) in [7, 11) is 1.72. The van der Waals surface area contributed by atoms with Crippen LogP contribution in [0.5, 0.6) is 5.75 Å². The molecule has 0 radical (unpaired) electrons. The normalized spacial score (nSPS) is 16.2. The van der Waals surface area contributed by atoms with Gasteiger partial charge in [0, 0.05) is 54.2 Å². The maximum atomic E-state index is 14.6. The second kappa shape index (κ2) is 12.6. The molecule has 36 heavy (non-hydrogen) atoms. The van der Waals surface area contributed by atoms with Crippen LogP contribution in [0.15, 0.2) is 73.5 Å². The Morgan fingerprint density at radius 2 is 2.08 bits per heavy atom. The van der Waals surface area contributed by atoms with Crippen LogP contribution in [-0.4, -0.2) is 35.6 Å². The number of aryl methyl sites for hydroxylation is 1. The third-order valence-corrected chi connectivity index (χ3v) is 6.55. The molecule has 3 rings (SSSR count). The average Bonchev–Trinajstić information content (AvgIpc) is 3.62. The molecule has 9 heteroatoms. The molecule has 0 spiro atoms. The van der Waals surface area contributed by atoms with E-state index in [4.69, 9.17) is 15.5 Å². The number of nitrogens with zero attached hydrogens (tertiary/aromatic N) is 3. The van der Waals surface area contributed by atoms with E-state index in [0.29, 0.717) is 23.5 Å². The summed E-state index contributed by atoms with van der Waals surface area (Å²) in [4.78, 5) is 9.87. The first-order valence-corrected chi connectivity index (χ1v) is 13.2. The molecule has 1 fully saturated rings. The number of H-pyrrole nitrogens is 1. The highest BCUT2D eigenvalue weighted by Crippen LogP contribution is 2.45. The van der Waals surface area contributed by atoms with Crippen molar-refractivity contribution in [3.8, 4) is 5.75 Å². The first-order chi connectivity index (χ1) is 17.3. The molecule has 1 aromatic carbocycles. The molecule has 1 aliphatic carbocycles. The van der Waals surface area contributed by atoms with Gasteiger partial charge in [-0.1, -0.05) is 12.5 Å². The fourth-order valence-corrected chi connectivity index (χ4v) is 4.24. The van der Waals surface area contributed by atoms with E-state index in [9.17, 15) is 4.39 Å². The second-order valence-electron chi connectivity index (χ2n) is 8.65. The minimum Gasteiger partial charge on any atom is -0.440 e. The van der Waals surface area contributed by atoms with Crippen molar-refractivity contribution in [3.05, 3.63) is 70.1 Å². The van der Waals surface area contributed by atoms with Crippen molar-refractivity contribution in [2.24, 2.45) is 21.6 Å². The molecule has 1 heterocycles. The molecule has 0 bridgehead atoms. The van der Waals surface area contributed by atoms with Crippen LogP contribution < -0.4 is 15.8 Å². The van der Waals surface area contributed by atoms with Gasteiger partial charge in [0.05, 0.1) is 0 Å². The molecule has 0 atom stereocenters. The molecular weight excluding hydrogens is 475 g/mol. The summed E-state index contributed by atoms with van der Waals surface area (Å²) in [6, 6.07) is 6.80. The van der Waals surface area contributed by atoms with E-state index in [1.807, 2.05) is 25.3 Å². The monoisotopic (exact) mass is 510 g/mol. The van der Waals surface area contributed by atoms with E-state index in [1.54, 1.807) is 32.5 Å². The number of nitrogens with one attached hydrogen (secondary N) is 2. The van der Waals surface area contributed by atoms with Crippen LogP contribution in [0.25, 0.3) is 0 Å². The van der Waals surface area contributed by atoms with Crippen LogP contribution in [0.4, 0.5) is 10.2 Å². The van der Waals surface area contributed by atoms with Gasteiger partial charge < -0.3 is 15.8 Å². The Bertz CT molecular complexity index is 1240. The number of thioether (sulfide) groups is 1. The van der Waals surface area contributed by atoms with Gasteiger partial charge in [0.15, 0.2) is 23.3 Å². The summed E-state index contributed by atoms with van der Waals surface area (Å²) in [6.07, 6.45) is 8.14. The van der Waals surface area contributed by atoms with Gasteiger partial charge in [-0.05, 0) is 69.1 Å². The van der Waals surface area contributed by atoms with E-state index >= 15 is 0 Å². The minimum atomic E-state index is -0.435. The lowest BCUT2D eigenvalue weighted by molar-refractivity contribution is 0.486. The van der Waals surface area contributed by atoms with E-state index in [2.05, 4.69) is 34.4 Å². The second-order valence-corrected chi connectivity index (χ2v) is 9.52. The standard InChI is InChI=1S/C27H35FN6OS/c1-7-16(2)25(20(14-29)15-30-5)26(19-8-9-19)27(32-24-12-17(3)33-34-24)31-18(4)35-23-11-10-21(36-6)13-22(23)28/h10-15,19H,7-9,29H2,1-6H3,(H2,32,33,34)/b20-14+,25-16+,27-26+,30-15?,31-18+. The van der Waals surface area contributed by atoms with Crippen LogP contribution in [0, 0.1) is 18.7 Å². The minimum absolute atomic E-state index is 0.123. The molecule has 7 nitrogen and oxygen atoms in total. The average molecular weight is 511 g/mol. The fraction of sp³-hybridized carbons (Fsp3) is 0.370. The van der Waals surface area contributed by atoms with Crippen molar-refractivity contribution in [1.82, 2.24) is 10.2 Å². The molecule has 0 saturated heterocycles. The van der Waals surface area contributed by atoms with Crippen LogP contribution in [-0.2, 0) is 0 Å². The zero-order valence-corrected chi connectivity index (χ0v) is 22.6. The highest BCUT2D eigenvalue weighted by atomic mass is 32.2. The SMILES string of the molecule is CC/C(C)=C(C(\C=NC)=C\N)/C(=C(\N=C(/C)Oc1ccc(SC)cc1F)Nc1cc(C)[nH]n1)C1CC1. The van der Waals surface area contributed by atoms with E-state index in [1.165, 1.54) is 23.4 Å². The van der Waals surface area contributed by atoms with Gasteiger partial charge in [-0.25, -0.2) is 4.39 Å². The number of aromatic nitrogens is 2. The zero-order chi connectivity index (χ0) is 26.2. The van der Waals surface area contributed by atoms with Gasteiger partial charge in [-0.2, -0.15) is 10.1 Å². The number of ether oxygens (including phenoxy) is 1. The molecule has 2 aromatic rings. The lowest BCUT2D eigenvalue weighted by atomic mass is 9.89. The number of halogens is 1. The summed E-state index contributed by atoms with van der Waals surface area (Å²) in [6.45, 7) is 7.85. The summed E-state index contributed by atoms with van der Waals surface area (Å²) in [5.74, 6) is 1.50. The van der Waals surface area contributed by atoms with Crippen LogP contribution >= 0.6 is 11.8 Å². The van der Waals surface area contributed by atoms with Crippen LogP contribution in [0.3, 0.4) is 0 Å². The Kier molecular flexibility index (Phi) is 9.52. The molecule has 1 aromatic heterocycles. The summed E-state index contributed by atoms with van der Waals surface area (Å²) < 4.78 is 20.5. The number of rotatable bonds is 10. The largest absolute Gasteiger partial charge is 0.440 e. The van der Waals surface area contributed by atoms with Gasteiger partial charge in [-0.15, -0.1) is 11.8 Å². The molecular formula is C27H35FN6OS. The Balaban J connectivity index is 2.17. The highest BCUT2D eigenvalue weighted by Gasteiger charge is 2.33. The molecule has 0 amide bonds. The van der Waals surface area contributed by atoms with Gasteiger partial charge in [0.1, 0.15) is 5.82 Å². The van der Waals surface area contributed by atoms with Gasteiger partial charge >= 0.3 is 0 Å². The lowest BCUT2D eigenvalue weighted by Crippen LogP contribution is -2.13. The highest BCUT2D eigenvalue weighted by molar-refractivity contribution is 7.98. The van der Waals surface area contributed by atoms with Crippen LogP contribution in [0.1, 0.15) is 45.7 Å². The summed E-state index contributed by atoms with van der Waals surface area (Å²) >= 11 is 1.47. The first-order valence-electron chi connectivity index (χ1n) is 12.0. The van der Waals surface area contributed by atoms with Crippen molar-refractivity contribution in [3.63, 3.8) is 0 Å². The Labute approximate surface area is 216 Å². The van der Waals surface area contributed by atoms with E-state index < -0.39 is 5.82 Å². The van der Waals surface area contributed by atoms with Gasteiger partial charge in [-0.3, -0.25) is 10.1 Å².